The van der Waals surface area contributed by atoms with Gasteiger partial charge in [-0.3, -0.25) is 10.2 Å². The van der Waals surface area contributed by atoms with Crippen molar-refractivity contribution in [3.05, 3.63) is 95.6 Å². The van der Waals surface area contributed by atoms with Crippen LogP contribution in [0.3, 0.4) is 0 Å². The topological polar surface area (TPSA) is 127 Å². The van der Waals surface area contributed by atoms with Crippen LogP contribution >= 0.6 is 0 Å². The Morgan fingerprint density at radius 3 is 2.39 bits per heavy atom. The van der Waals surface area contributed by atoms with Crippen LogP contribution in [-0.2, 0) is 20.8 Å². The van der Waals surface area contributed by atoms with Gasteiger partial charge in [0.05, 0.1) is 13.2 Å². The van der Waals surface area contributed by atoms with Crippen LogP contribution in [0.2, 0.25) is 0 Å². The number of aryl methyl sites for hydroxylation is 1. The summed E-state index contributed by atoms with van der Waals surface area (Å²) in [5.41, 5.74) is 7.10. The van der Waals surface area contributed by atoms with Crippen LogP contribution in [0.4, 0.5) is 10.8 Å². The molecule has 11 nitrogen and oxygen atoms in total. The number of rotatable bonds is 11. The molecule has 3 fully saturated rings. The minimum atomic E-state index is -0.422. The Bertz CT molecular complexity index is 1680. The van der Waals surface area contributed by atoms with E-state index in [0.29, 0.717) is 73.8 Å². The first kappa shape index (κ1) is 34.4. The molecule has 2 amide bonds. The van der Waals surface area contributed by atoms with Crippen molar-refractivity contribution in [1.29, 1.82) is 0 Å². The third kappa shape index (κ3) is 8.59. The van der Waals surface area contributed by atoms with Crippen molar-refractivity contribution in [3.8, 4) is 0 Å². The molecular weight excluding hydrogens is 622 g/mol. The van der Waals surface area contributed by atoms with E-state index in [1.807, 2.05) is 67.4 Å². The molecule has 0 spiro atoms. The molecule has 3 aromatic carbocycles. The molecule has 49 heavy (non-hydrogen) atoms. The molecule has 0 radical (unpaired) electrons. The summed E-state index contributed by atoms with van der Waals surface area (Å²) in [6, 6.07) is 26.0. The van der Waals surface area contributed by atoms with Crippen molar-refractivity contribution >= 4 is 29.1 Å². The lowest BCUT2D eigenvalue weighted by Gasteiger charge is -2.32. The van der Waals surface area contributed by atoms with E-state index in [0.717, 1.165) is 5.56 Å². The molecule has 1 aromatic heterocycles. The average Bonchev–Trinajstić information content (AvgIpc) is 3.73. The molecule has 1 saturated carbocycles. The third-order valence-corrected chi connectivity index (χ3v) is 9.44. The maximum absolute atomic E-state index is 13.3. The highest BCUT2D eigenvalue weighted by Gasteiger charge is 2.60. The van der Waals surface area contributed by atoms with Crippen LogP contribution in [0.5, 0.6) is 0 Å². The summed E-state index contributed by atoms with van der Waals surface area (Å²) in [5, 5.41) is 7.90. The number of ether oxygens (including phenoxy) is 3. The summed E-state index contributed by atoms with van der Waals surface area (Å²) in [7, 11) is 0. The highest BCUT2D eigenvalue weighted by molar-refractivity contribution is 5.97. The SMILES string of the molecule is CC(C)Nc1nc2cc(C(=O)NN(CCCNC(=O)OC3C4COC5OCC3C5C4C)Cc3ccccc3)ccc2o1.Cc1ccccc1. The molecule has 2 bridgehead atoms. The molecule has 11 heteroatoms. The fourth-order valence-electron chi connectivity index (χ4n) is 6.99. The number of oxazole rings is 1. The number of anilines is 1. The average molecular weight is 670 g/mol. The Balaban J connectivity index is 0.000000531. The maximum atomic E-state index is 13.3. The molecule has 260 valence electrons. The summed E-state index contributed by atoms with van der Waals surface area (Å²) in [5.74, 6) is 0.849. The van der Waals surface area contributed by atoms with E-state index in [-0.39, 0.29) is 36.2 Å². The fourth-order valence-corrected chi connectivity index (χ4v) is 6.99. The van der Waals surface area contributed by atoms with E-state index < -0.39 is 6.09 Å². The van der Waals surface area contributed by atoms with Crippen LogP contribution < -0.4 is 16.1 Å². The van der Waals surface area contributed by atoms with Crippen LogP contribution in [0.25, 0.3) is 11.1 Å². The molecular formula is C38H47N5O6. The lowest BCUT2D eigenvalue weighted by molar-refractivity contribution is -0.183. The normalized spacial score (nSPS) is 23.6. The zero-order valence-electron chi connectivity index (χ0n) is 28.6. The minimum Gasteiger partial charge on any atom is -0.445 e. The highest BCUT2D eigenvalue weighted by atomic mass is 16.7. The molecule has 2 saturated heterocycles. The van der Waals surface area contributed by atoms with Crippen molar-refractivity contribution in [2.75, 3.05) is 31.6 Å². The number of hydrogen-bond donors (Lipinski definition) is 3. The van der Waals surface area contributed by atoms with Crippen LogP contribution in [0, 0.1) is 30.6 Å². The summed E-state index contributed by atoms with van der Waals surface area (Å²) in [4.78, 5) is 30.4. The largest absolute Gasteiger partial charge is 0.445 e. The van der Waals surface area contributed by atoms with Gasteiger partial charge in [0.1, 0.15) is 11.6 Å². The Labute approximate surface area is 287 Å². The number of nitrogens with one attached hydrogen (secondary N) is 3. The number of carbonyl (C=O) groups excluding carboxylic acids is 2. The van der Waals surface area contributed by atoms with Gasteiger partial charge >= 0.3 is 6.09 Å². The molecule has 3 N–H and O–H groups in total. The molecule has 3 aliphatic rings. The van der Waals surface area contributed by atoms with Gasteiger partial charge in [-0.05, 0) is 56.9 Å². The van der Waals surface area contributed by atoms with Gasteiger partial charge in [-0.15, -0.1) is 0 Å². The smallest absolute Gasteiger partial charge is 0.407 e. The monoisotopic (exact) mass is 669 g/mol. The Morgan fingerprint density at radius 1 is 0.980 bits per heavy atom. The number of hydrazine groups is 1. The first-order valence-corrected chi connectivity index (χ1v) is 17.2. The van der Waals surface area contributed by atoms with E-state index in [9.17, 15) is 9.59 Å². The Hall–Kier alpha value is -4.45. The van der Waals surface area contributed by atoms with Crippen molar-refractivity contribution < 1.29 is 28.2 Å². The van der Waals surface area contributed by atoms with Crippen molar-refractivity contribution in [3.63, 3.8) is 0 Å². The summed E-state index contributed by atoms with van der Waals surface area (Å²) < 4.78 is 23.2. The first-order valence-electron chi connectivity index (χ1n) is 17.2. The standard InChI is InChI=1S/C31H39N5O6.C7H8/c1-18(2)33-30-34-24-14-21(10-11-25(24)41-30)28(37)35-36(15-20-8-5-4-6-9-20)13-7-12-32-31(38)42-27-22-16-39-29-26(19(22)3)23(27)17-40-29;1-7-5-3-2-4-6-7/h4-6,8-11,14,18-19,22-23,26-27,29H,7,12-13,15-17H2,1-3H3,(H,32,38)(H,33,34)(H,35,37);2-6H,1H3. The van der Waals surface area contributed by atoms with E-state index >= 15 is 0 Å². The van der Waals surface area contributed by atoms with Crippen LogP contribution in [0.1, 0.15) is 48.7 Å². The number of fused-ring (bicyclic) bond motifs is 2. The van der Waals surface area contributed by atoms with Gasteiger partial charge in [0.25, 0.3) is 11.9 Å². The van der Waals surface area contributed by atoms with E-state index in [1.54, 1.807) is 18.2 Å². The molecule has 2 aliphatic heterocycles. The Kier molecular flexibility index (Phi) is 11.1. The van der Waals surface area contributed by atoms with Crippen molar-refractivity contribution in [1.82, 2.24) is 20.7 Å². The number of nitrogens with zero attached hydrogens (tertiary/aromatic N) is 2. The molecule has 6 atom stereocenters. The minimum absolute atomic E-state index is 0.166. The molecule has 3 heterocycles. The molecule has 1 aliphatic carbocycles. The van der Waals surface area contributed by atoms with Gasteiger partial charge in [-0.1, -0.05) is 73.2 Å². The zero-order valence-corrected chi connectivity index (χ0v) is 28.6. The molecule has 4 aromatic rings. The van der Waals surface area contributed by atoms with Crippen LogP contribution in [-0.4, -0.2) is 66.7 Å². The van der Waals surface area contributed by atoms with Gasteiger partial charge in [0.2, 0.25) is 0 Å². The van der Waals surface area contributed by atoms with Gasteiger partial charge in [-0.2, -0.15) is 4.98 Å². The zero-order chi connectivity index (χ0) is 34.3. The van der Waals surface area contributed by atoms with Gasteiger partial charge < -0.3 is 29.3 Å². The second-order valence-corrected chi connectivity index (χ2v) is 13.5. The number of benzene rings is 3. The molecule has 6 unspecified atom stereocenters. The van der Waals surface area contributed by atoms with Crippen LogP contribution in [0.15, 0.2) is 83.3 Å². The van der Waals surface area contributed by atoms with Gasteiger partial charge in [0, 0.05) is 49.0 Å². The lowest BCUT2D eigenvalue weighted by atomic mass is 9.88. The predicted octanol–water partition coefficient (Wildman–Crippen LogP) is 6.16. The number of carbonyl (C=O) groups is 2. The van der Waals surface area contributed by atoms with E-state index in [4.69, 9.17) is 18.6 Å². The van der Waals surface area contributed by atoms with Crippen molar-refractivity contribution in [2.24, 2.45) is 23.7 Å². The van der Waals surface area contributed by atoms with Gasteiger partial charge in [0.15, 0.2) is 11.9 Å². The predicted molar refractivity (Wildman–Crippen MR) is 186 cm³/mol. The van der Waals surface area contributed by atoms with Crippen molar-refractivity contribution in [2.45, 2.75) is 59.1 Å². The number of hydrogen-bond acceptors (Lipinski definition) is 9. The second kappa shape index (κ2) is 15.8. The summed E-state index contributed by atoms with van der Waals surface area (Å²) in [6.07, 6.45) is -0.166. The fraction of sp³-hybridized carbons (Fsp3) is 0.447. The first-order chi connectivity index (χ1) is 23.7. The third-order valence-electron chi connectivity index (χ3n) is 9.44. The van der Waals surface area contributed by atoms with E-state index in [1.165, 1.54) is 5.56 Å². The second-order valence-electron chi connectivity index (χ2n) is 13.5. The number of alkyl carbamates (subject to hydrolysis) is 1. The highest BCUT2D eigenvalue weighted by Crippen LogP contribution is 2.52. The lowest BCUT2D eigenvalue weighted by Crippen LogP contribution is -2.43. The van der Waals surface area contributed by atoms with E-state index in [2.05, 4.69) is 47.0 Å². The van der Waals surface area contributed by atoms with Gasteiger partial charge in [-0.25, -0.2) is 9.80 Å². The maximum Gasteiger partial charge on any atom is 0.407 e. The number of aromatic nitrogens is 1. The summed E-state index contributed by atoms with van der Waals surface area (Å²) in [6.45, 7) is 10.9. The summed E-state index contributed by atoms with van der Waals surface area (Å²) >= 11 is 0. The number of amides is 2. The Morgan fingerprint density at radius 2 is 1.69 bits per heavy atom. The molecule has 7 rings (SSSR count). The quantitative estimate of drug-likeness (QED) is 0.127.